The Bertz CT molecular complexity index is 474. The number of hydrogen-bond donors (Lipinski definition) is 2. The molecule has 1 unspecified atom stereocenters. The fourth-order valence-electron chi connectivity index (χ4n) is 2.79. The first-order valence-corrected chi connectivity index (χ1v) is 9.07. The molecule has 3 N–H and O–H groups in total. The van der Waals surface area contributed by atoms with Crippen molar-refractivity contribution in [2.24, 2.45) is 5.73 Å². The maximum atomic E-state index is 11.6. The minimum absolute atomic E-state index is 0.0596. The van der Waals surface area contributed by atoms with Crippen LogP contribution in [0.5, 0.6) is 0 Å². The molecule has 0 bridgehead atoms. The fraction of sp³-hybridized carbons (Fsp3) is 0.750. The van der Waals surface area contributed by atoms with E-state index in [4.69, 9.17) is 5.73 Å². The second-order valence-electron chi connectivity index (χ2n) is 6.27. The Morgan fingerprint density at radius 3 is 3.05 bits per heavy atom. The van der Waals surface area contributed by atoms with Gasteiger partial charge in [0.15, 0.2) is 0 Å². The van der Waals surface area contributed by atoms with E-state index in [1.807, 2.05) is 17.5 Å². The van der Waals surface area contributed by atoms with Gasteiger partial charge in [-0.2, -0.15) is 0 Å². The normalized spacial score (nSPS) is 19.5. The van der Waals surface area contributed by atoms with Crippen molar-refractivity contribution in [3.63, 3.8) is 0 Å². The first-order valence-electron chi connectivity index (χ1n) is 8.25. The zero-order valence-electron chi connectivity index (χ0n) is 13.7. The van der Waals surface area contributed by atoms with Crippen molar-refractivity contribution in [1.29, 1.82) is 0 Å². The van der Waals surface area contributed by atoms with Crippen molar-refractivity contribution in [1.82, 2.24) is 15.2 Å². The number of thiazole rings is 1. The van der Waals surface area contributed by atoms with Gasteiger partial charge < -0.3 is 11.1 Å². The van der Waals surface area contributed by atoms with Crippen LogP contribution in [0.25, 0.3) is 0 Å². The molecule has 0 spiro atoms. The highest BCUT2D eigenvalue weighted by Gasteiger charge is 2.23. The van der Waals surface area contributed by atoms with E-state index in [9.17, 15) is 4.79 Å². The number of carbonyl (C=O) groups is 1. The van der Waals surface area contributed by atoms with Crippen LogP contribution in [-0.4, -0.2) is 41.5 Å². The molecule has 1 fully saturated rings. The number of nitrogens with one attached hydrogen (secondary N) is 1. The van der Waals surface area contributed by atoms with Gasteiger partial charge in [0, 0.05) is 36.6 Å². The van der Waals surface area contributed by atoms with E-state index >= 15 is 0 Å². The molecule has 1 aromatic rings. The number of carbonyl (C=O) groups excluding carboxylic acids is 1. The Hall–Kier alpha value is -0.980. The summed E-state index contributed by atoms with van der Waals surface area (Å²) in [6, 6.07) is 0.418. The summed E-state index contributed by atoms with van der Waals surface area (Å²) in [7, 11) is 0. The molecule has 1 aliphatic heterocycles. The monoisotopic (exact) mass is 324 g/mol. The number of rotatable bonds is 7. The molecule has 0 saturated carbocycles. The van der Waals surface area contributed by atoms with Crippen LogP contribution in [0.15, 0.2) is 6.20 Å². The smallest absolute Gasteiger partial charge is 0.221 e. The summed E-state index contributed by atoms with van der Waals surface area (Å²) in [5, 5.41) is 4.20. The third-order valence-electron chi connectivity index (χ3n) is 4.13. The fourth-order valence-corrected chi connectivity index (χ4v) is 3.74. The molecule has 2 rings (SSSR count). The summed E-state index contributed by atoms with van der Waals surface area (Å²) >= 11 is 1.81. The SMILES string of the molecule is CC(C)c1cnc(CN2CCCCC2CNC(=O)CCN)s1. The average Bonchev–Trinajstić information content (AvgIpc) is 2.95. The molecule has 0 aliphatic carbocycles. The molecular formula is C16H28N4OS. The lowest BCUT2D eigenvalue weighted by atomic mass is 10.0. The Balaban J connectivity index is 1.89. The minimum Gasteiger partial charge on any atom is -0.354 e. The quantitative estimate of drug-likeness (QED) is 0.805. The summed E-state index contributed by atoms with van der Waals surface area (Å²) in [6.45, 7) is 7.53. The highest BCUT2D eigenvalue weighted by atomic mass is 32.1. The number of nitrogens with two attached hydrogens (primary N) is 1. The molecule has 22 heavy (non-hydrogen) atoms. The van der Waals surface area contributed by atoms with Crippen molar-refractivity contribution in [3.05, 3.63) is 16.1 Å². The number of likely N-dealkylation sites (tertiary alicyclic amines) is 1. The highest BCUT2D eigenvalue weighted by molar-refractivity contribution is 7.11. The molecule has 1 aromatic heterocycles. The van der Waals surface area contributed by atoms with Gasteiger partial charge in [-0.05, 0) is 25.3 Å². The molecule has 2 heterocycles. The van der Waals surface area contributed by atoms with E-state index in [2.05, 4.69) is 29.0 Å². The van der Waals surface area contributed by atoms with Crippen LogP contribution >= 0.6 is 11.3 Å². The van der Waals surface area contributed by atoms with Crippen LogP contribution < -0.4 is 11.1 Å². The van der Waals surface area contributed by atoms with Crippen molar-refractivity contribution >= 4 is 17.2 Å². The number of amides is 1. The van der Waals surface area contributed by atoms with Gasteiger partial charge in [0.1, 0.15) is 5.01 Å². The molecule has 1 aliphatic rings. The van der Waals surface area contributed by atoms with Crippen LogP contribution in [-0.2, 0) is 11.3 Å². The second kappa shape index (κ2) is 8.60. The summed E-state index contributed by atoms with van der Waals surface area (Å²) in [5.74, 6) is 0.600. The first kappa shape index (κ1) is 17.4. The first-order chi connectivity index (χ1) is 10.6. The molecule has 1 amide bonds. The molecule has 1 saturated heterocycles. The van der Waals surface area contributed by atoms with E-state index in [0.29, 0.717) is 24.9 Å². The van der Waals surface area contributed by atoms with Gasteiger partial charge in [-0.3, -0.25) is 9.69 Å². The summed E-state index contributed by atoms with van der Waals surface area (Å²) in [4.78, 5) is 20.0. The van der Waals surface area contributed by atoms with Gasteiger partial charge in [0.05, 0.1) is 6.54 Å². The zero-order valence-corrected chi connectivity index (χ0v) is 14.5. The van der Waals surface area contributed by atoms with Gasteiger partial charge in [0.25, 0.3) is 0 Å². The highest BCUT2D eigenvalue weighted by Crippen LogP contribution is 2.25. The molecule has 0 radical (unpaired) electrons. The van der Waals surface area contributed by atoms with Crippen molar-refractivity contribution in [2.45, 2.75) is 58.0 Å². The Morgan fingerprint density at radius 2 is 2.36 bits per heavy atom. The number of hydrogen-bond acceptors (Lipinski definition) is 5. The molecule has 5 nitrogen and oxygen atoms in total. The number of piperidine rings is 1. The van der Waals surface area contributed by atoms with Gasteiger partial charge in [0.2, 0.25) is 5.91 Å². The molecule has 124 valence electrons. The number of aromatic nitrogens is 1. The van der Waals surface area contributed by atoms with Crippen molar-refractivity contribution < 1.29 is 4.79 Å². The lowest BCUT2D eigenvalue weighted by molar-refractivity contribution is -0.121. The molecule has 6 heteroatoms. The van der Waals surface area contributed by atoms with Crippen LogP contribution in [0.4, 0.5) is 0 Å². The molecular weight excluding hydrogens is 296 g/mol. The van der Waals surface area contributed by atoms with E-state index in [1.54, 1.807) is 0 Å². The zero-order chi connectivity index (χ0) is 15.9. The topological polar surface area (TPSA) is 71.2 Å². The molecule has 1 atom stereocenters. The minimum atomic E-state index is 0.0596. The van der Waals surface area contributed by atoms with Gasteiger partial charge in [-0.1, -0.05) is 20.3 Å². The average molecular weight is 324 g/mol. The van der Waals surface area contributed by atoms with Crippen LogP contribution in [0, 0.1) is 0 Å². The maximum absolute atomic E-state index is 11.6. The second-order valence-corrected chi connectivity index (χ2v) is 7.42. The maximum Gasteiger partial charge on any atom is 0.221 e. The Morgan fingerprint density at radius 1 is 1.55 bits per heavy atom. The van der Waals surface area contributed by atoms with Gasteiger partial charge in [-0.15, -0.1) is 11.3 Å². The predicted molar refractivity (Wildman–Crippen MR) is 90.9 cm³/mol. The van der Waals surface area contributed by atoms with Crippen LogP contribution in [0.1, 0.15) is 55.3 Å². The van der Waals surface area contributed by atoms with E-state index in [1.165, 1.54) is 22.7 Å². The van der Waals surface area contributed by atoms with E-state index < -0.39 is 0 Å². The Kier molecular flexibility index (Phi) is 6.79. The van der Waals surface area contributed by atoms with E-state index in [-0.39, 0.29) is 5.91 Å². The summed E-state index contributed by atoms with van der Waals surface area (Å²) in [5.41, 5.74) is 5.42. The number of nitrogens with zero attached hydrogens (tertiary/aromatic N) is 2. The third-order valence-corrected chi connectivity index (χ3v) is 5.42. The van der Waals surface area contributed by atoms with Gasteiger partial charge >= 0.3 is 0 Å². The molecule has 0 aromatic carbocycles. The van der Waals surface area contributed by atoms with Crippen molar-refractivity contribution in [2.75, 3.05) is 19.6 Å². The lowest BCUT2D eigenvalue weighted by Gasteiger charge is -2.35. The predicted octanol–water partition coefficient (Wildman–Crippen LogP) is 2.09. The Labute approximate surface area is 137 Å². The van der Waals surface area contributed by atoms with Crippen LogP contribution in [0.3, 0.4) is 0 Å². The van der Waals surface area contributed by atoms with Crippen LogP contribution in [0.2, 0.25) is 0 Å². The largest absolute Gasteiger partial charge is 0.354 e. The third kappa shape index (κ3) is 5.04. The summed E-state index contributed by atoms with van der Waals surface area (Å²) < 4.78 is 0. The standard InChI is InChI=1S/C16H28N4OS/c1-12(2)14-10-19-16(22-14)11-20-8-4-3-5-13(20)9-18-15(21)6-7-17/h10,12-13H,3-9,11,17H2,1-2H3,(H,18,21). The van der Waals surface area contributed by atoms with Gasteiger partial charge in [-0.25, -0.2) is 4.98 Å². The summed E-state index contributed by atoms with van der Waals surface area (Å²) in [6.07, 6.45) is 6.04. The van der Waals surface area contributed by atoms with E-state index in [0.717, 1.165) is 26.1 Å². The van der Waals surface area contributed by atoms with Crippen molar-refractivity contribution in [3.8, 4) is 0 Å². The lowest BCUT2D eigenvalue weighted by Crippen LogP contribution is -2.46.